The molecule has 170 valence electrons. The lowest BCUT2D eigenvalue weighted by molar-refractivity contribution is -0.156. The Balaban J connectivity index is 1.77. The van der Waals surface area contributed by atoms with Gasteiger partial charge >= 0.3 is 0 Å². The maximum Gasteiger partial charge on any atom is 0.275 e. The number of halogens is 3. The minimum Gasteiger partial charge on any atom is -0.292 e. The van der Waals surface area contributed by atoms with Crippen LogP contribution in [-0.2, 0) is 9.59 Å². The van der Waals surface area contributed by atoms with Crippen LogP contribution < -0.4 is 0 Å². The molecule has 1 saturated heterocycles. The first kappa shape index (κ1) is 23.5. The zero-order valence-corrected chi connectivity index (χ0v) is 19.8. The summed E-state index contributed by atoms with van der Waals surface area (Å²) in [7, 11) is 0. The zero-order chi connectivity index (χ0) is 23.9. The Morgan fingerprint density at radius 2 is 1.45 bits per heavy atom. The highest BCUT2D eigenvalue weighted by molar-refractivity contribution is 6.37. The van der Waals surface area contributed by atoms with Gasteiger partial charge in [-0.05, 0) is 62.2 Å². The molecule has 1 aliphatic heterocycles. The molecule has 33 heavy (non-hydrogen) atoms. The molecule has 2 aromatic carbocycles. The molecule has 6 nitrogen and oxygen atoms in total. The lowest BCUT2D eigenvalue weighted by Gasteiger charge is -2.35. The van der Waals surface area contributed by atoms with Crippen LogP contribution in [0.4, 0.5) is 0 Å². The van der Waals surface area contributed by atoms with E-state index in [1.807, 2.05) is 12.2 Å². The molecule has 0 spiro atoms. The number of rotatable bonds is 5. The summed E-state index contributed by atoms with van der Waals surface area (Å²) in [6.45, 7) is 1.47. The number of nitrogens with zero attached hydrogens (tertiary/aromatic N) is 2. The smallest absolute Gasteiger partial charge is 0.275 e. The largest absolute Gasteiger partial charge is 0.292 e. The molecule has 1 aliphatic carbocycles. The van der Waals surface area contributed by atoms with Crippen LogP contribution >= 0.6 is 34.8 Å². The lowest BCUT2D eigenvalue weighted by Crippen LogP contribution is -2.56. The minimum atomic E-state index is -1.17. The molecule has 9 heteroatoms. The third kappa shape index (κ3) is 4.31. The molecular weight excluding hydrogens is 487 g/mol. The Labute approximate surface area is 205 Å². The van der Waals surface area contributed by atoms with Crippen molar-refractivity contribution in [2.75, 3.05) is 0 Å². The van der Waals surface area contributed by atoms with E-state index in [1.54, 1.807) is 12.1 Å². The fraction of sp³-hybridized carbons (Fsp3) is 0.250. The van der Waals surface area contributed by atoms with Gasteiger partial charge in [0, 0.05) is 15.6 Å². The van der Waals surface area contributed by atoms with Crippen LogP contribution in [0.25, 0.3) is 0 Å². The van der Waals surface area contributed by atoms with Gasteiger partial charge in [0.2, 0.25) is 0 Å². The van der Waals surface area contributed by atoms with Crippen LogP contribution in [0.1, 0.15) is 40.5 Å². The summed E-state index contributed by atoms with van der Waals surface area (Å²) in [5, 5.41) is 2.56. The number of fused-ring (bicyclic) bond motifs is 1. The van der Waals surface area contributed by atoms with E-state index in [4.69, 9.17) is 34.8 Å². The van der Waals surface area contributed by atoms with Crippen molar-refractivity contribution in [1.82, 2.24) is 10.0 Å². The zero-order valence-electron chi connectivity index (χ0n) is 17.5. The molecule has 0 aromatic heterocycles. The van der Waals surface area contributed by atoms with Crippen molar-refractivity contribution >= 4 is 58.3 Å². The molecule has 0 saturated carbocycles. The second kappa shape index (κ2) is 9.29. The minimum absolute atomic E-state index is 0.0189. The number of carbonyl (C=O) groups excluding carboxylic acids is 4. The van der Waals surface area contributed by atoms with Crippen LogP contribution in [0.5, 0.6) is 0 Å². The first-order valence-corrected chi connectivity index (χ1v) is 11.4. The van der Waals surface area contributed by atoms with Crippen molar-refractivity contribution in [3.8, 4) is 0 Å². The van der Waals surface area contributed by atoms with Gasteiger partial charge in [-0.25, -0.2) is 5.01 Å². The van der Waals surface area contributed by atoms with Crippen molar-refractivity contribution in [1.29, 1.82) is 0 Å². The van der Waals surface area contributed by atoms with E-state index in [0.717, 1.165) is 10.0 Å². The Morgan fingerprint density at radius 3 is 2.00 bits per heavy atom. The van der Waals surface area contributed by atoms with E-state index in [2.05, 4.69) is 0 Å². The Bertz CT molecular complexity index is 1150. The summed E-state index contributed by atoms with van der Waals surface area (Å²) in [6.07, 6.45) is 4.49. The second-order valence-corrected chi connectivity index (χ2v) is 9.25. The lowest BCUT2D eigenvalue weighted by atomic mass is 9.85. The molecule has 2 aliphatic rings. The Hall–Kier alpha value is -2.67. The van der Waals surface area contributed by atoms with Crippen molar-refractivity contribution in [3.05, 3.63) is 80.8 Å². The third-order valence-electron chi connectivity index (χ3n) is 5.94. The predicted molar refractivity (Wildman–Crippen MR) is 125 cm³/mol. The van der Waals surface area contributed by atoms with Gasteiger partial charge in [0.1, 0.15) is 6.04 Å². The molecule has 1 heterocycles. The van der Waals surface area contributed by atoms with E-state index >= 15 is 0 Å². The van der Waals surface area contributed by atoms with Crippen LogP contribution in [0, 0.1) is 11.8 Å². The van der Waals surface area contributed by atoms with E-state index < -0.39 is 41.4 Å². The molecule has 4 rings (SSSR count). The van der Waals surface area contributed by atoms with E-state index in [1.165, 1.54) is 37.3 Å². The Morgan fingerprint density at radius 1 is 0.909 bits per heavy atom. The van der Waals surface area contributed by atoms with Crippen molar-refractivity contribution in [2.45, 2.75) is 25.8 Å². The summed E-state index contributed by atoms with van der Waals surface area (Å²) in [5.41, 5.74) is 0.301. The average Bonchev–Trinajstić information content (AvgIpc) is 3.04. The number of benzene rings is 2. The molecule has 3 atom stereocenters. The number of ketones is 1. The SMILES string of the molecule is C[C@@H](C(=O)c1ccc(Cl)cc1)N(C(=O)c1ccc(Cl)cc1Cl)N1C(=O)[C@H]2CC=CC[C@H]2C1=O. The normalized spacial score (nSPS) is 20.5. The number of hydrogen-bond acceptors (Lipinski definition) is 4. The molecule has 2 aromatic rings. The van der Waals surface area contributed by atoms with Gasteiger partial charge in [-0.1, -0.05) is 47.0 Å². The van der Waals surface area contributed by atoms with Crippen LogP contribution in [0.3, 0.4) is 0 Å². The van der Waals surface area contributed by atoms with Crippen molar-refractivity contribution in [3.63, 3.8) is 0 Å². The fourth-order valence-corrected chi connectivity index (χ4v) is 4.80. The first-order chi connectivity index (χ1) is 15.7. The van der Waals surface area contributed by atoms with Gasteiger partial charge in [0.15, 0.2) is 5.78 Å². The van der Waals surface area contributed by atoms with Gasteiger partial charge in [-0.3, -0.25) is 19.2 Å². The summed E-state index contributed by atoms with van der Waals surface area (Å²) >= 11 is 18.1. The number of carbonyl (C=O) groups is 4. The third-order valence-corrected chi connectivity index (χ3v) is 6.74. The molecule has 0 unspecified atom stereocenters. The molecule has 1 fully saturated rings. The summed E-state index contributed by atoms with van der Waals surface area (Å²) in [6, 6.07) is 9.24. The number of amides is 3. The average molecular weight is 506 g/mol. The molecule has 3 amide bonds. The molecule has 0 N–H and O–H groups in total. The predicted octanol–water partition coefficient (Wildman–Crippen LogP) is 5.23. The molecule has 0 bridgehead atoms. The highest BCUT2D eigenvalue weighted by Crippen LogP contribution is 2.37. The maximum atomic E-state index is 13.7. The fourth-order valence-electron chi connectivity index (χ4n) is 4.19. The van der Waals surface area contributed by atoms with Crippen molar-refractivity contribution in [2.24, 2.45) is 11.8 Å². The summed E-state index contributed by atoms with van der Waals surface area (Å²) < 4.78 is 0. The molecular formula is C24H19Cl3N2O4. The standard InChI is InChI=1S/C24H19Cl3N2O4/c1-13(21(30)14-6-8-15(25)9-7-14)28(24(33)19-11-10-16(26)12-20(19)27)29-22(31)17-4-2-3-5-18(17)23(29)32/h2-3,6-13,17-18H,4-5H2,1H3/t13-,17-,18+/m0/s1. The molecule has 0 radical (unpaired) electrons. The highest BCUT2D eigenvalue weighted by Gasteiger charge is 2.52. The first-order valence-electron chi connectivity index (χ1n) is 10.3. The van der Waals surface area contributed by atoms with Crippen LogP contribution in [0.2, 0.25) is 15.1 Å². The van der Waals surface area contributed by atoms with Crippen LogP contribution in [-0.4, -0.2) is 39.6 Å². The number of hydrogen-bond donors (Lipinski definition) is 0. The quantitative estimate of drug-likeness (QED) is 0.317. The van der Waals surface area contributed by atoms with Gasteiger partial charge in [0.05, 0.1) is 22.4 Å². The highest BCUT2D eigenvalue weighted by atomic mass is 35.5. The summed E-state index contributed by atoms with van der Waals surface area (Å²) in [5.74, 6) is -3.38. The number of hydrazine groups is 1. The topological polar surface area (TPSA) is 74.8 Å². The van der Waals surface area contributed by atoms with Gasteiger partial charge in [-0.15, -0.1) is 0 Å². The van der Waals surface area contributed by atoms with E-state index in [9.17, 15) is 19.2 Å². The van der Waals surface area contributed by atoms with Crippen molar-refractivity contribution < 1.29 is 19.2 Å². The summed E-state index contributed by atoms with van der Waals surface area (Å²) in [4.78, 5) is 53.5. The van der Waals surface area contributed by atoms with E-state index in [-0.39, 0.29) is 16.1 Å². The Kier molecular flexibility index (Phi) is 6.61. The van der Waals surface area contributed by atoms with Crippen LogP contribution in [0.15, 0.2) is 54.6 Å². The maximum absolute atomic E-state index is 13.7. The number of Topliss-reactive ketones (excluding diaryl/α,β-unsaturated/α-hetero) is 1. The van der Waals surface area contributed by atoms with Gasteiger partial charge in [0.25, 0.3) is 17.7 Å². The van der Waals surface area contributed by atoms with E-state index in [0.29, 0.717) is 22.9 Å². The van der Waals surface area contributed by atoms with Gasteiger partial charge in [-0.2, -0.15) is 5.01 Å². The van der Waals surface area contributed by atoms with Gasteiger partial charge < -0.3 is 0 Å². The second-order valence-electron chi connectivity index (χ2n) is 7.97. The number of allylic oxidation sites excluding steroid dienone is 2. The number of imide groups is 1. The monoisotopic (exact) mass is 504 g/mol.